The number of aromatic nitrogens is 2. The molecule has 0 radical (unpaired) electrons. The fraction of sp³-hybridized carbons (Fsp3) is 0.412. The van der Waals surface area contributed by atoms with Gasteiger partial charge in [0.1, 0.15) is 0 Å². The molecule has 1 aromatic heterocycles. The van der Waals surface area contributed by atoms with Crippen LogP contribution in [0.25, 0.3) is 5.69 Å². The molecule has 3 aliphatic rings. The van der Waals surface area contributed by atoms with E-state index in [1.165, 1.54) is 25.9 Å². The number of nitrogens with zero attached hydrogens (tertiary/aromatic N) is 3. The fourth-order valence-electron chi connectivity index (χ4n) is 3.54. The van der Waals surface area contributed by atoms with Crippen LogP contribution in [0.3, 0.4) is 0 Å². The monoisotopic (exact) mass is 296 g/mol. The molecule has 3 aliphatic heterocycles. The summed E-state index contributed by atoms with van der Waals surface area (Å²) in [5, 5.41) is 7.49. The molecule has 5 nitrogen and oxygen atoms in total. The van der Waals surface area contributed by atoms with Gasteiger partial charge in [-0.25, -0.2) is 4.68 Å². The highest BCUT2D eigenvalue weighted by molar-refractivity contribution is 5.94. The minimum atomic E-state index is -0.0130. The largest absolute Gasteiger partial charge is 0.348 e. The summed E-state index contributed by atoms with van der Waals surface area (Å²) in [5.74, 6) is 0.624. The minimum Gasteiger partial charge on any atom is -0.348 e. The van der Waals surface area contributed by atoms with Crippen molar-refractivity contribution in [3.05, 3.63) is 48.3 Å². The van der Waals surface area contributed by atoms with Crippen LogP contribution in [0.4, 0.5) is 0 Å². The number of rotatable bonds is 3. The molecule has 5 rings (SSSR count). The number of amides is 1. The second-order valence-corrected chi connectivity index (χ2v) is 6.23. The third kappa shape index (κ3) is 2.52. The van der Waals surface area contributed by atoms with Crippen molar-refractivity contribution in [3.63, 3.8) is 0 Å². The van der Waals surface area contributed by atoms with Crippen LogP contribution in [0.1, 0.15) is 23.2 Å². The van der Waals surface area contributed by atoms with Gasteiger partial charge in [-0.3, -0.25) is 4.79 Å². The second-order valence-electron chi connectivity index (χ2n) is 6.23. The van der Waals surface area contributed by atoms with E-state index in [9.17, 15) is 4.79 Å². The Morgan fingerprint density at radius 1 is 1.18 bits per heavy atom. The van der Waals surface area contributed by atoms with E-state index in [2.05, 4.69) is 15.3 Å². The Labute approximate surface area is 129 Å². The molecule has 1 N–H and O–H groups in total. The number of carbonyl (C=O) groups is 1. The van der Waals surface area contributed by atoms with Crippen LogP contribution >= 0.6 is 0 Å². The van der Waals surface area contributed by atoms with Crippen LogP contribution in [-0.4, -0.2) is 46.3 Å². The fourth-order valence-corrected chi connectivity index (χ4v) is 3.54. The van der Waals surface area contributed by atoms with Crippen molar-refractivity contribution in [2.75, 3.05) is 19.6 Å². The lowest BCUT2D eigenvalue weighted by atomic mass is 9.84. The highest BCUT2D eigenvalue weighted by atomic mass is 16.1. The SMILES string of the molecule is O=C(N[C@H]1CN2CCC1CC2)c1cnn(-c2ccccc2)c1. The van der Waals surface area contributed by atoms with Crippen LogP contribution in [0.15, 0.2) is 42.7 Å². The van der Waals surface area contributed by atoms with Crippen LogP contribution in [0.2, 0.25) is 0 Å². The maximum atomic E-state index is 12.5. The Bertz CT molecular complexity index is 658. The average Bonchev–Trinajstić information content (AvgIpc) is 3.07. The van der Waals surface area contributed by atoms with Gasteiger partial charge < -0.3 is 10.2 Å². The zero-order valence-corrected chi connectivity index (χ0v) is 12.5. The molecule has 0 spiro atoms. The second kappa shape index (κ2) is 5.57. The Hall–Kier alpha value is -2.14. The van der Waals surface area contributed by atoms with E-state index in [0.29, 0.717) is 11.5 Å². The van der Waals surface area contributed by atoms with Crippen LogP contribution in [0.5, 0.6) is 0 Å². The number of hydrogen-bond donors (Lipinski definition) is 1. The number of nitrogens with one attached hydrogen (secondary N) is 1. The number of piperidine rings is 3. The zero-order chi connectivity index (χ0) is 14.9. The molecule has 1 amide bonds. The molecule has 0 unspecified atom stereocenters. The van der Waals surface area contributed by atoms with E-state index in [-0.39, 0.29) is 11.9 Å². The lowest BCUT2D eigenvalue weighted by molar-refractivity contribution is 0.0620. The molecule has 4 heterocycles. The summed E-state index contributed by atoms with van der Waals surface area (Å²) in [5.41, 5.74) is 1.59. The summed E-state index contributed by atoms with van der Waals surface area (Å²) in [6.45, 7) is 3.36. The maximum absolute atomic E-state index is 12.5. The zero-order valence-electron chi connectivity index (χ0n) is 12.5. The summed E-state index contributed by atoms with van der Waals surface area (Å²) < 4.78 is 1.74. The molecule has 0 aliphatic carbocycles. The Morgan fingerprint density at radius 3 is 2.64 bits per heavy atom. The van der Waals surface area contributed by atoms with Gasteiger partial charge in [0.15, 0.2) is 0 Å². The smallest absolute Gasteiger partial charge is 0.254 e. The first-order valence-electron chi connectivity index (χ1n) is 7.93. The molecule has 2 bridgehead atoms. The molecule has 0 saturated carbocycles. The quantitative estimate of drug-likeness (QED) is 0.938. The van der Waals surface area contributed by atoms with Gasteiger partial charge in [0.05, 0.1) is 17.4 Å². The van der Waals surface area contributed by atoms with Crippen molar-refractivity contribution >= 4 is 5.91 Å². The molecular formula is C17H20N4O. The van der Waals surface area contributed by atoms with Crippen molar-refractivity contribution in [2.45, 2.75) is 18.9 Å². The van der Waals surface area contributed by atoms with Gasteiger partial charge >= 0.3 is 0 Å². The molecule has 5 heteroatoms. The molecule has 2 aromatic rings. The Kier molecular flexibility index (Phi) is 3.42. The molecule has 1 atom stereocenters. The van der Waals surface area contributed by atoms with Crippen molar-refractivity contribution in [1.82, 2.24) is 20.0 Å². The first kappa shape index (κ1) is 13.5. The number of hydrogen-bond acceptors (Lipinski definition) is 3. The lowest BCUT2D eigenvalue weighted by Crippen LogP contribution is -2.57. The van der Waals surface area contributed by atoms with Gasteiger partial charge in [-0.2, -0.15) is 5.10 Å². The van der Waals surface area contributed by atoms with Crippen LogP contribution in [0, 0.1) is 5.92 Å². The minimum absolute atomic E-state index is 0.0130. The highest BCUT2D eigenvalue weighted by Gasteiger charge is 2.35. The van der Waals surface area contributed by atoms with Crippen molar-refractivity contribution in [1.29, 1.82) is 0 Å². The number of carbonyl (C=O) groups excluding carboxylic acids is 1. The predicted molar refractivity (Wildman–Crippen MR) is 84.0 cm³/mol. The molecular weight excluding hydrogens is 276 g/mol. The molecule has 114 valence electrons. The topological polar surface area (TPSA) is 50.2 Å². The normalized spacial score (nSPS) is 26.8. The summed E-state index contributed by atoms with van der Waals surface area (Å²) in [6, 6.07) is 10.1. The Morgan fingerprint density at radius 2 is 1.95 bits per heavy atom. The van der Waals surface area contributed by atoms with Gasteiger partial charge in [-0.15, -0.1) is 0 Å². The van der Waals surface area contributed by atoms with Crippen LogP contribution in [-0.2, 0) is 0 Å². The van der Waals surface area contributed by atoms with Gasteiger partial charge in [0.2, 0.25) is 0 Å². The summed E-state index contributed by atoms with van der Waals surface area (Å²) in [7, 11) is 0. The van der Waals surface area contributed by atoms with Crippen molar-refractivity contribution in [2.24, 2.45) is 5.92 Å². The third-order valence-corrected chi connectivity index (χ3v) is 4.84. The molecule has 3 fully saturated rings. The summed E-state index contributed by atoms with van der Waals surface area (Å²) in [6.07, 6.45) is 5.85. The number of para-hydroxylation sites is 1. The van der Waals surface area contributed by atoms with Gasteiger partial charge in [0.25, 0.3) is 5.91 Å². The van der Waals surface area contributed by atoms with E-state index in [1.54, 1.807) is 17.1 Å². The van der Waals surface area contributed by atoms with Gasteiger partial charge in [0, 0.05) is 18.8 Å². The van der Waals surface area contributed by atoms with E-state index in [1.807, 2.05) is 30.3 Å². The van der Waals surface area contributed by atoms with E-state index < -0.39 is 0 Å². The van der Waals surface area contributed by atoms with Crippen molar-refractivity contribution < 1.29 is 4.79 Å². The molecule has 22 heavy (non-hydrogen) atoms. The first-order chi connectivity index (χ1) is 10.8. The Balaban J connectivity index is 1.46. The standard InChI is InChI=1S/C17H20N4O/c22-17(19-16-12-20-8-6-13(16)7-9-20)14-10-18-21(11-14)15-4-2-1-3-5-15/h1-5,10-11,13,16H,6-9,12H2,(H,19,22)/t16-/m0/s1. The highest BCUT2D eigenvalue weighted by Crippen LogP contribution is 2.27. The first-order valence-corrected chi connectivity index (χ1v) is 7.93. The third-order valence-electron chi connectivity index (χ3n) is 4.84. The predicted octanol–water partition coefficient (Wildman–Crippen LogP) is 1.70. The van der Waals surface area contributed by atoms with Crippen LogP contribution < -0.4 is 5.32 Å². The van der Waals surface area contributed by atoms with Gasteiger partial charge in [-0.1, -0.05) is 18.2 Å². The summed E-state index contributed by atoms with van der Waals surface area (Å²) in [4.78, 5) is 14.9. The average molecular weight is 296 g/mol. The number of fused-ring (bicyclic) bond motifs is 3. The lowest BCUT2D eigenvalue weighted by Gasteiger charge is -2.44. The molecule has 3 saturated heterocycles. The van der Waals surface area contributed by atoms with E-state index in [4.69, 9.17) is 0 Å². The van der Waals surface area contributed by atoms with E-state index in [0.717, 1.165) is 12.2 Å². The summed E-state index contributed by atoms with van der Waals surface area (Å²) >= 11 is 0. The maximum Gasteiger partial charge on any atom is 0.254 e. The van der Waals surface area contributed by atoms with Gasteiger partial charge in [-0.05, 0) is 44.0 Å². The van der Waals surface area contributed by atoms with E-state index >= 15 is 0 Å². The van der Waals surface area contributed by atoms with Crippen molar-refractivity contribution in [3.8, 4) is 5.69 Å². The number of benzene rings is 1. The molecule has 1 aromatic carbocycles.